The Morgan fingerprint density at radius 1 is 1.42 bits per heavy atom. The first-order valence-corrected chi connectivity index (χ1v) is 8.82. The fourth-order valence-corrected chi connectivity index (χ4v) is 3.18. The normalized spacial score (nSPS) is 12.7. The number of carbonyl (C=O) groups is 1. The second kappa shape index (κ2) is 6.70. The summed E-state index contributed by atoms with van der Waals surface area (Å²) in [7, 11) is 0. The van der Waals surface area contributed by atoms with E-state index in [1.54, 1.807) is 17.5 Å². The molecule has 3 heterocycles. The van der Waals surface area contributed by atoms with Crippen LogP contribution in [0.2, 0.25) is 0 Å². The summed E-state index contributed by atoms with van der Waals surface area (Å²) in [6.07, 6.45) is 1.71. The molecule has 0 bridgehead atoms. The van der Waals surface area contributed by atoms with Crippen LogP contribution in [-0.2, 0) is 0 Å². The molecule has 0 unspecified atom stereocenters. The van der Waals surface area contributed by atoms with Gasteiger partial charge in [-0.05, 0) is 38.3 Å². The van der Waals surface area contributed by atoms with Crippen molar-refractivity contribution in [2.24, 2.45) is 5.73 Å². The van der Waals surface area contributed by atoms with Crippen molar-refractivity contribution in [3.63, 3.8) is 0 Å². The highest BCUT2D eigenvalue weighted by Gasteiger charge is 2.19. The lowest BCUT2D eigenvalue weighted by Gasteiger charge is -2.13. The first kappa shape index (κ1) is 16.6. The lowest BCUT2D eigenvalue weighted by molar-refractivity contribution is 0.0943. The highest BCUT2D eigenvalue weighted by Crippen LogP contribution is 2.28. The highest BCUT2D eigenvalue weighted by atomic mass is 32.1. The van der Waals surface area contributed by atoms with Crippen molar-refractivity contribution >= 4 is 28.3 Å². The van der Waals surface area contributed by atoms with Crippen LogP contribution in [0.4, 0.5) is 0 Å². The molecule has 6 nitrogen and oxygen atoms in total. The van der Waals surface area contributed by atoms with Crippen LogP contribution in [0.1, 0.15) is 37.2 Å². The van der Waals surface area contributed by atoms with E-state index in [4.69, 9.17) is 10.7 Å². The molecule has 3 aromatic heterocycles. The fraction of sp³-hybridized carbons (Fsp3) is 0.353. The summed E-state index contributed by atoms with van der Waals surface area (Å²) in [6, 6.07) is 5.87. The summed E-state index contributed by atoms with van der Waals surface area (Å²) in [4.78, 5) is 18.5. The predicted molar refractivity (Wildman–Crippen MR) is 97.2 cm³/mol. The van der Waals surface area contributed by atoms with Gasteiger partial charge in [0.05, 0.1) is 27.7 Å². The van der Waals surface area contributed by atoms with E-state index in [-0.39, 0.29) is 18.0 Å². The van der Waals surface area contributed by atoms with Crippen molar-refractivity contribution < 1.29 is 4.79 Å². The molecular formula is C17H21N5OS. The van der Waals surface area contributed by atoms with E-state index in [1.165, 1.54) is 0 Å². The molecule has 0 fully saturated rings. The summed E-state index contributed by atoms with van der Waals surface area (Å²) in [5, 5.41) is 10.1. The van der Waals surface area contributed by atoms with E-state index in [0.29, 0.717) is 12.1 Å². The molecule has 0 saturated carbocycles. The SMILES string of the molecule is CC(C)n1ncc2c(C(=O)N[C@@H](C)CN)cc(-c3cccs3)nc21. The molecule has 3 aromatic rings. The summed E-state index contributed by atoms with van der Waals surface area (Å²) >= 11 is 1.60. The Morgan fingerprint density at radius 3 is 2.83 bits per heavy atom. The smallest absolute Gasteiger partial charge is 0.252 e. The van der Waals surface area contributed by atoms with E-state index in [1.807, 2.05) is 49.0 Å². The summed E-state index contributed by atoms with van der Waals surface area (Å²) in [6.45, 7) is 6.36. The first-order chi connectivity index (χ1) is 11.5. The molecule has 3 rings (SSSR count). The van der Waals surface area contributed by atoms with E-state index in [0.717, 1.165) is 21.6 Å². The second-order valence-electron chi connectivity index (χ2n) is 6.06. The average Bonchev–Trinajstić information content (AvgIpc) is 3.22. The molecule has 0 aliphatic heterocycles. The Labute approximate surface area is 144 Å². The minimum Gasteiger partial charge on any atom is -0.348 e. The van der Waals surface area contributed by atoms with Gasteiger partial charge in [-0.15, -0.1) is 11.3 Å². The summed E-state index contributed by atoms with van der Waals surface area (Å²) in [5.74, 6) is -0.151. The van der Waals surface area contributed by atoms with E-state index in [9.17, 15) is 4.79 Å². The Balaban J connectivity index is 2.17. The Hall–Kier alpha value is -2.25. The van der Waals surface area contributed by atoms with Crippen LogP contribution in [-0.4, -0.2) is 33.3 Å². The average molecular weight is 343 g/mol. The molecule has 3 N–H and O–H groups in total. The zero-order valence-electron chi connectivity index (χ0n) is 14.0. The number of rotatable bonds is 5. The quantitative estimate of drug-likeness (QED) is 0.746. The van der Waals surface area contributed by atoms with Crippen LogP contribution in [0.25, 0.3) is 21.6 Å². The first-order valence-electron chi connectivity index (χ1n) is 7.94. The fourth-order valence-electron chi connectivity index (χ4n) is 2.49. The monoisotopic (exact) mass is 343 g/mol. The van der Waals surface area contributed by atoms with Gasteiger partial charge in [0.15, 0.2) is 5.65 Å². The van der Waals surface area contributed by atoms with Crippen molar-refractivity contribution in [2.75, 3.05) is 6.54 Å². The molecular weight excluding hydrogens is 322 g/mol. The predicted octanol–water partition coefficient (Wildman–Crippen LogP) is 2.82. The van der Waals surface area contributed by atoms with Gasteiger partial charge in [-0.2, -0.15) is 5.10 Å². The number of nitrogens with one attached hydrogen (secondary N) is 1. The molecule has 0 aliphatic rings. The third-order valence-electron chi connectivity index (χ3n) is 3.81. The number of nitrogens with two attached hydrogens (primary N) is 1. The number of thiophene rings is 1. The minimum absolute atomic E-state index is 0.0916. The van der Waals surface area contributed by atoms with Crippen LogP contribution < -0.4 is 11.1 Å². The number of pyridine rings is 1. The zero-order valence-corrected chi connectivity index (χ0v) is 14.8. The molecule has 7 heteroatoms. The van der Waals surface area contributed by atoms with Crippen molar-refractivity contribution in [3.8, 4) is 10.6 Å². The summed E-state index contributed by atoms with van der Waals surface area (Å²) < 4.78 is 1.84. The molecule has 0 saturated heterocycles. The van der Waals surface area contributed by atoms with Crippen LogP contribution >= 0.6 is 11.3 Å². The van der Waals surface area contributed by atoms with Gasteiger partial charge in [-0.25, -0.2) is 9.67 Å². The lowest BCUT2D eigenvalue weighted by Crippen LogP contribution is -2.37. The number of hydrogen-bond acceptors (Lipinski definition) is 5. The van der Waals surface area contributed by atoms with Crippen molar-refractivity contribution in [3.05, 3.63) is 35.3 Å². The molecule has 0 radical (unpaired) electrons. The van der Waals surface area contributed by atoms with Crippen LogP contribution in [0.3, 0.4) is 0 Å². The van der Waals surface area contributed by atoms with Crippen molar-refractivity contribution in [1.29, 1.82) is 0 Å². The van der Waals surface area contributed by atoms with E-state index in [2.05, 4.69) is 10.4 Å². The summed E-state index contributed by atoms with van der Waals surface area (Å²) in [5.41, 5.74) is 7.71. The number of hydrogen-bond donors (Lipinski definition) is 2. The van der Waals surface area contributed by atoms with Gasteiger partial charge >= 0.3 is 0 Å². The van der Waals surface area contributed by atoms with Gasteiger partial charge in [-0.3, -0.25) is 4.79 Å². The topological polar surface area (TPSA) is 85.8 Å². The van der Waals surface area contributed by atoms with E-state index >= 15 is 0 Å². The molecule has 1 atom stereocenters. The Bertz CT molecular complexity index is 853. The molecule has 24 heavy (non-hydrogen) atoms. The third kappa shape index (κ3) is 3.05. The maximum absolute atomic E-state index is 12.7. The van der Waals surface area contributed by atoms with Gasteiger partial charge in [-0.1, -0.05) is 6.07 Å². The zero-order chi connectivity index (χ0) is 17.3. The standard InChI is InChI=1S/C17H21N5OS/c1-10(2)22-16-13(9-19-22)12(17(23)20-11(3)8-18)7-14(21-16)15-5-4-6-24-15/h4-7,9-11H,8,18H2,1-3H3,(H,20,23)/t11-/m0/s1. The molecule has 1 amide bonds. The van der Waals surface area contributed by atoms with Gasteiger partial charge < -0.3 is 11.1 Å². The van der Waals surface area contributed by atoms with Crippen LogP contribution in [0.15, 0.2) is 29.8 Å². The Kier molecular flexibility index (Phi) is 4.64. The molecule has 0 aromatic carbocycles. The van der Waals surface area contributed by atoms with Gasteiger partial charge in [0.1, 0.15) is 0 Å². The highest BCUT2D eigenvalue weighted by molar-refractivity contribution is 7.13. The minimum atomic E-state index is -0.151. The van der Waals surface area contributed by atoms with Crippen molar-refractivity contribution in [1.82, 2.24) is 20.1 Å². The molecule has 126 valence electrons. The van der Waals surface area contributed by atoms with E-state index < -0.39 is 0 Å². The second-order valence-corrected chi connectivity index (χ2v) is 7.01. The maximum Gasteiger partial charge on any atom is 0.252 e. The third-order valence-corrected chi connectivity index (χ3v) is 4.70. The molecule has 0 aliphatic carbocycles. The Morgan fingerprint density at radius 2 is 2.21 bits per heavy atom. The number of aromatic nitrogens is 3. The maximum atomic E-state index is 12.7. The number of nitrogens with zero attached hydrogens (tertiary/aromatic N) is 3. The van der Waals surface area contributed by atoms with Crippen LogP contribution in [0, 0.1) is 0 Å². The largest absolute Gasteiger partial charge is 0.348 e. The van der Waals surface area contributed by atoms with Crippen molar-refractivity contribution in [2.45, 2.75) is 32.9 Å². The number of amides is 1. The van der Waals surface area contributed by atoms with Crippen LogP contribution in [0.5, 0.6) is 0 Å². The number of carbonyl (C=O) groups excluding carboxylic acids is 1. The lowest BCUT2D eigenvalue weighted by atomic mass is 10.1. The van der Waals surface area contributed by atoms with Gasteiger partial charge in [0.2, 0.25) is 0 Å². The molecule has 0 spiro atoms. The number of fused-ring (bicyclic) bond motifs is 1. The van der Waals surface area contributed by atoms with Gasteiger partial charge in [0, 0.05) is 18.6 Å². The van der Waals surface area contributed by atoms with Gasteiger partial charge in [0.25, 0.3) is 5.91 Å².